The van der Waals surface area contributed by atoms with Crippen LogP contribution in [-0.2, 0) is 4.79 Å². The van der Waals surface area contributed by atoms with E-state index < -0.39 is 6.04 Å². The van der Waals surface area contributed by atoms with Gasteiger partial charge in [-0.25, -0.2) is 4.79 Å². The van der Waals surface area contributed by atoms with Gasteiger partial charge in [-0.3, -0.25) is 4.79 Å². The summed E-state index contributed by atoms with van der Waals surface area (Å²) in [7, 11) is 2.10. The smallest absolute Gasteiger partial charge is 0.315 e. The van der Waals surface area contributed by atoms with Crippen LogP contribution in [0.15, 0.2) is 24.3 Å². The molecule has 142 valence electrons. The molecule has 1 aromatic rings. The Morgan fingerprint density at radius 3 is 2.65 bits per heavy atom. The van der Waals surface area contributed by atoms with Crippen LogP contribution in [0.2, 0.25) is 0 Å². The van der Waals surface area contributed by atoms with E-state index in [0.29, 0.717) is 12.5 Å². The minimum absolute atomic E-state index is 0.0180. The number of amides is 3. The Hall–Kier alpha value is -2.24. The van der Waals surface area contributed by atoms with E-state index in [4.69, 9.17) is 0 Å². The van der Waals surface area contributed by atoms with E-state index in [-0.39, 0.29) is 11.9 Å². The average molecular weight is 358 g/mol. The Labute approximate surface area is 155 Å². The van der Waals surface area contributed by atoms with Gasteiger partial charge in [0.25, 0.3) is 0 Å². The number of nitrogens with zero attached hydrogens (tertiary/aromatic N) is 2. The molecule has 1 fully saturated rings. The fourth-order valence-electron chi connectivity index (χ4n) is 3.93. The lowest BCUT2D eigenvalue weighted by atomic mass is 9.90. The number of hydrogen-bond acceptors (Lipinski definition) is 3. The molecule has 0 spiro atoms. The molecule has 0 aromatic heterocycles. The highest BCUT2D eigenvalue weighted by Gasteiger charge is 2.25. The molecule has 0 radical (unpaired) electrons. The quantitative estimate of drug-likeness (QED) is 0.868. The number of likely N-dealkylation sites (tertiary alicyclic amines) is 1. The molecule has 3 amide bonds. The topological polar surface area (TPSA) is 64.7 Å². The van der Waals surface area contributed by atoms with Gasteiger partial charge >= 0.3 is 6.03 Å². The van der Waals surface area contributed by atoms with Crippen LogP contribution in [0.1, 0.15) is 44.1 Å². The summed E-state index contributed by atoms with van der Waals surface area (Å²) in [6.45, 7) is 4.94. The van der Waals surface area contributed by atoms with Crippen molar-refractivity contribution >= 4 is 17.6 Å². The number of hydrogen-bond donors (Lipinski definition) is 2. The third-order valence-electron chi connectivity index (χ3n) is 5.50. The number of carbonyl (C=O) groups excluding carboxylic acids is 2. The van der Waals surface area contributed by atoms with Crippen molar-refractivity contribution in [2.75, 3.05) is 38.1 Å². The molecule has 2 heterocycles. The zero-order chi connectivity index (χ0) is 18.5. The number of piperidine rings is 1. The van der Waals surface area contributed by atoms with Gasteiger partial charge in [0.2, 0.25) is 5.91 Å². The zero-order valence-electron chi connectivity index (χ0n) is 15.8. The molecule has 1 saturated heterocycles. The molecule has 0 bridgehead atoms. The maximum atomic E-state index is 12.4. The lowest BCUT2D eigenvalue weighted by Gasteiger charge is -2.33. The van der Waals surface area contributed by atoms with Crippen molar-refractivity contribution in [3.05, 3.63) is 29.8 Å². The van der Waals surface area contributed by atoms with Gasteiger partial charge in [-0.05, 0) is 44.2 Å². The zero-order valence-corrected chi connectivity index (χ0v) is 15.8. The van der Waals surface area contributed by atoms with Gasteiger partial charge in [0.15, 0.2) is 0 Å². The molecule has 26 heavy (non-hydrogen) atoms. The van der Waals surface area contributed by atoms with Crippen molar-refractivity contribution in [3.8, 4) is 0 Å². The van der Waals surface area contributed by atoms with Gasteiger partial charge in [-0.2, -0.15) is 0 Å². The third-order valence-corrected chi connectivity index (χ3v) is 5.50. The van der Waals surface area contributed by atoms with E-state index in [0.717, 1.165) is 38.9 Å². The summed E-state index contributed by atoms with van der Waals surface area (Å²) in [5, 5.41) is 5.76. The van der Waals surface area contributed by atoms with Crippen LogP contribution in [0.4, 0.5) is 10.5 Å². The number of para-hydroxylation sites is 1. The summed E-state index contributed by atoms with van der Waals surface area (Å²) < 4.78 is 0. The number of anilines is 1. The first-order valence-electron chi connectivity index (χ1n) is 9.69. The second-order valence-electron chi connectivity index (χ2n) is 7.43. The molecule has 2 atom stereocenters. The second-order valence-corrected chi connectivity index (χ2v) is 7.43. The third kappa shape index (κ3) is 4.29. The van der Waals surface area contributed by atoms with Crippen LogP contribution in [0.25, 0.3) is 0 Å². The average Bonchev–Trinajstić information content (AvgIpc) is 2.67. The van der Waals surface area contributed by atoms with E-state index in [9.17, 15) is 9.59 Å². The van der Waals surface area contributed by atoms with Crippen molar-refractivity contribution in [2.24, 2.45) is 0 Å². The van der Waals surface area contributed by atoms with Crippen LogP contribution in [0.5, 0.6) is 0 Å². The predicted molar refractivity (Wildman–Crippen MR) is 103 cm³/mol. The summed E-state index contributed by atoms with van der Waals surface area (Å²) in [5.41, 5.74) is 2.51. The van der Waals surface area contributed by atoms with Crippen LogP contribution >= 0.6 is 0 Å². The highest BCUT2D eigenvalue weighted by molar-refractivity contribution is 5.86. The van der Waals surface area contributed by atoms with E-state index in [1.54, 1.807) is 6.92 Å². The lowest BCUT2D eigenvalue weighted by Crippen LogP contribution is -2.51. The second kappa shape index (κ2) is 8.43. The fraction of sp³-hybridized carbons (Fsp3) is 0.600. The van der Waals surface area contributed by atoms with Gasteiger partial charge in [-0.1, -0.05) is 18.2 Å². The normalized spacial score (nSPS) is 20.9. The Morgan fingerprint density at radius 2 is 1.88 bits per heavy atom. The molecular formula is C20H30N4O2. The molecule has 1 aromatic carbocycles. The first kappa shape index (κ1) is 18.5. The standard InChI is InChI=1S/C20H30N4O2/c1-15(19(25)24-11-6-3-7-12-24)22-20(26)21-14-16-10-13-23(2)18-9-5-4-8-17(16)18/h4-5,8-9,15-16H,3,6-7,10-14H2,1-2H3,(H2,21,22,26)/t15-,16+/m1/s1. The van der Waals surface area contributed by atoms with Crippen molar-refractivity contribution in [1.82, 2.24) is 15.5 Å². The van der Waals surface area contributed by atoms with Gasteiger partial charge in [-0.15, -0.1) is 0 Å². The summed E-state index contributed by atoms with van der Waals surface area (Å²) in [4.78, 5) is 28.8. The minimum Gasteiger partial charge on any atom is -0.374 e. The monoisotopic (exact) mass is 358 g/mol. The van der Waals surface area contributed by atoms with Crippen LogP contribution < -0.4 is 15.5 Å². The molecule has 2 N–H and O–H groups in total. The van der Waals surface area contributed by atoms with Gasteiger partial charge in [0.1, 0.15) is 6.04 Å². The number of carbonyl (C=O) groups is 2. The number of rotatable bonds is 4. The van der Waals surface area contributed by atoms with Crippen molar-refractivity contribution in [2.45, 2.75) is 44.6 Å². The maximum Gasteiger partial charge on any atom is 0.315 e. The molecule has 2 aliphatic rings. The SMILES string of the molecule is C[C@@H](NC(=O)NC[C@@H]1CCN(C)c2ccccc21)C(=O)N1CCCCC1. The van der Waals surface area contributed by atoms with Crippen molar-refractivity contribution in [1.29, 1.82) is 0 Å². The summed E-state index contributed by atoms with van der Waals surface area (Å²) >= 11 is 0. The van der Waals surface area contributed by atoms with Crippen LogP contribution in [0.3, 0.4) is 0 Å². The van der Waals surface area contributed by atoms with Crippen molar-refractivity contribution in [3.63, 3.8) is 0 Å². The Bertz CT molecular complexity index is 642. The highest BCUT2D eigenvalue weighted by atomic mass is 16.2. The molecule has 2 aliphatic heterocycles. The molecule has 6 nitrogen and oxygen atoms in total. The number of urea groups is 1. The van der Waals surface area contributed by atoms with Gasteiger partial charge < -0.3 is 20.4 Å². The summed E-state index contributed by atoms with van der Waals surface area (Å²) in [5.74, 6) is 0.325. The van der Waals surface area contributed by atoms with E-state index in [2.05, 4.69) is 34.7 Å². The van der Waals surface area contributed by atoms with E-state index >= 15 is 0 Å². The van der Waals surface area contributed by atoms with Gasteiger partial charge in [0, 0.05) is 44.8 Å². The van der Waals surface area contributed by atoms with Crippen molar-refractivity contribution < 1.29 is 9.59 Å². The highest BCUT2D eigenvalue weighted by Crippen LogP contribution is 2.33. The van der Waals surface area contributed by atoms with E-state index in [1.165, 1.54) is 17.7 Å². The van der Waals surface area contributed by atoms with Gasteiger partial charge in [0.05, 0.1) is 0 Å². The predicted octanol–water partition coefficient (Wildman–Crippen LogP) is 2.31. The fourth-order valence-corrected chi connectivity index (χ4v) is 3.93. The number of nitrogens with one attached hydrogen (secondary N) is 2. The minimum atomic E-state index is -0.488. The largest absolute Gasteiger partial charge is 0.374 e. The molecule has 0 unspecified atom stereocenters. The Kier molecular flexibility index (Phi) is 6.01. The molecule has 3 rings (SSSR count). The maximum absolute atomic E-state index is 12.4. The number of benzene rings is 1. The summed E-state index contributed by atoms with van der Waals surface area (Å²) in [6.07, 6.45) is 4.31. The molecule has 0 saturated carbocycles. The number of fused-ring (bicyclic) bond motifs is 1. The first-order valence-corrected chi connectivity index (χ1v) is 9.69. The Balaban J connectivity index is 1.50. The molecular weight excluding hydrogens is 328 g/mol. The first-order chi connectivity index (χ1) is 12.6. The molecule has 0 aliphatic carbocycles. The van der Waals surface area contributed by atoms with Crippen LogP contribution in [-0.4, -0.2) is 56.1 Å². The van der Waals surface area contributed by atoms with Crippen LogP contribution in [0, 0.1) is 0 Å². The molecule has 6 heteroatoms. The lowest BCUT2D eigenvalue weighted by molar-refractivity contribution is -0.133. The summed E-state index contributed by atoms with van der Waals surface area (Å²) in [6, 6.07) is 7.60. The van der Waals surface area contributed by atoms with E-state index in [1.807, 2.05) is 17.0 Å². The Morgan fingerprint density at radius 1 is 1.15 bits per heavy atom.